The highest BCUT2D eigenvalue weighted by atomic mass is 16.5. The number of anilines is 1. The zero-order valence-electron chi connectivity index (χ0n) is 16.8. The van der Waals surface area contributed by atoms with Crippen molar-refractivity contribution in [2.24, 2.45) is 5.10 Å². The summed E-state index contributed by atoms with van der Waals surface area (Å²) in [6.45, 7) is 0. The molecule has 1 aliphatic rings. The smallest absolute Gasteiger partial charge is 0.161 e. The first-order chi connectivity index (χ1) is 14.2. The van der Waals surface area contributed by atoms with Gasteiger partial charge < -0.3 is 14.2 Å². The lowest BCUT2D eigenvalue weighted by molar-refractivity contribution is 0.354. The lowest BCUT2D eigenvalue weighted by atomic mass is 9.97. The summed E-state index contributed by atoms with van der Waals surface area (Å²) in [7, 11) is 4.98. The summed E-state index contributed by atoms with van der Waals surface area (Å²) in [6.07, 6.45) is 0.788. The van der Waals surface area contributed by atoms with E-state index >= 15 is 0 Å². The Morgan fingerprint density at radius 1 is 0.793 bits per heavy atom. The topological polar surface area (TPSA) is 43.3 Å². The highest BCUT2D eigenvalue weighted by Gasteiger charge is 2.30. The van der Waals surface area contributed by atoms with Crippen LogP contribution in [0.1, 0.15) is 23.6 Å². The van der Waals surface area contributed by atoms with E-state index in [2.05, 4.69) is 35.3 Å². The van der Waals surface area contributed by atoms with Gasteiger partial charge in [0, 0.05) is 6.42 Å². The lowest BCUT2D eigenvalue weighted by Crippen LogP contribution is -2.18. The quantitative estimate of drug-likeness (QED) is 0.591. The molecular weight excluding hydrogens is 364 g/mol. The number of methoxy groups -OCH3 is 3. The van der Waals surface area contributed by atoms with Crippen LogP contribution in [0.5, 0.6) is 17.2 Å². The first-order valence-electron chi connectivity index (χ1n) is 9.51. The van der Waals surface area contributed by atoms with E-state index in [0.29, 0.717) is 0 Å². The molecule has 0 saturated carbocycles. The van der Waals surface area contributed by atoms with Crippen molar-refractivity contribution in [2.45, 2.75) is 12.5 Å². The maximum absolute atomic E-state index is 5.52. The third-order valence-electron chi connectivity index (χ3n) is 5.15. The Hall–Kier alpha value is -3.47. The van der Waals surface area contributed by atoms with Gasteiger partial charge in [-0.25, -0.2) is 0 Å². The molecule has 3 aromatic rings. The summed E-state index contributed by atoms with van der Waals surface area (Å²) >= 11 is 0. The Morgan fingerprint density at radius 2 is 1.52 bits per heavy atom. The number of rotatable bonds is 6. The zero-order valence-corrected chi connectivity index (χ0v) is 16.8. The average Bonchev–Trinajstić information content (AvgIpc) is 3.24. The number of para-hydroxylation sites is 1. The van der Waals surface area contributed by atoms with Crippen LogP contribution < -0.4 is 19.2 Å². The van der Waals surface area contributed by atoms with Crippen LogP contribution in [0.25, 0.3) is 0 Å². The normalized spacial score (nSPS) is 15.8. The Morgan fingerprint density at radius 3 is 2.17 bits per heavy atom. The second-order valence-corrected chi connectivity index (χ2v) is 6.79. The molecule has 0 bridgehead atoms. The van der Waals surface area contributed by atoms with Gasteiger partial charge >= 0.3 is 0 Å². The number of ether oxygens (including phenoxy) is 3. The van der Waals surface area contributed by atoms with Crippen molar-refractivity contribution in [3.63, 3.8) is 0 Å². The summed E-state index contributed by atoms with van der Waals surface area (Å²) in [5.41, 5.74) is 4.31. The molecule has 1 unspecified atom stereocenters. The number of nitrogens with zero attached hydrogens (tertiary/aromatic N) is 2. The van der Waals surface area contributed by atoms with Gasteiger partial charge in [0.25, 0.3) is 0 Å². The molecule has 4 rings (SSSR count). The van der Waals surface area contributed by atoms with Crippen LogP contribution in [0.3, 0.4) is 0 Å². The maximum atomic E-state index is 5.52. The molecule has 1 atom stereocenters. The van der Waals surface area contributed by atoms with Crippen molar-refractivity contribution in [2.75, 3.05) is 26.3 Å². The van der Waals surface area contributed by atoms with E-state index in [1.54, 1.807) is 21.3 Å². The molecule has 0 aromatic heterocycles. The molecule has 0 fully saturated rings. The van der Waals surface area contributed by atoms with Crippen molar-refractivity contribution in [3.8, 4) is 17.2 Å². The van der Waals surface area contributed by atoms with Crippen LogP contribution in [0.2, 0.25) is 0 Å². The number of hydrazone groups is 1. The van der Waals surface area contributed by atoms with Crippen LogP contribution in [-0.4, -0.2) is 27.0 Å². The van der Waals surface area contributed by atoms with Crippen LogP contribution >= 0.6 is 0 Å². The van der Waals surface area contributed by atoms with E-state index in [-0.39, 0.29) is 6.04 Å². The van der Waals surface area contributed by atoms with E-state index in [1.807, 2.05) is 42.5 Å². The van der Waals surface area contributed by atoms with Gasteiger partial charge in [0.2, 0.25) is 0 Å². The molecule has 0 aliphatic carbocycles. The van der Waals surface area contributed by atoms with E-state index in [1.165, 1.54) is 0 Å². The average molecular weight is 388 g/mol. The van der Waals surface area contributed by atoms with Gasteiger partial charge in [0.15, 0.2) is 11.5 Å². The van der Waals surface area contributed by atoms with Gasteiger partial charge in [0.05, 0.1) is 38.8 Å². The van der Waals surface area contributed by atoms with Gasteiger partial charge in [-0.3, -0.25) is 5.01 Å². The second kappa shape index (κ2) is 8.27. The van der Waals surface area contributed by atoms with Crippen LogP contribution in [-0.2, 0) is 0 Å². The summed E-state index contributed by atoms with van der Waals surface area (Å²) in [5.74, 6) is 2.27. The molecule has 0 spiro atoms. The Labute approximate surface area is 171 Å². The Kier molecular flexibility index (Phi) is 5.38. The van der Waals surface area contributed by atoms with Gasteiger partial charge in [-0.15, -0.1) is 0 Å². The highest BCUT2D eigenvalue weighted by Crippen LogP contribution is 2.39. The van der Waals surface area contributed by atoms with Gasteiger partial charge in [-0.2, -0.15) is 5.10 Å². The molecule has 0 N–H and O–H groups in total. The molecule has 0 amide bonds. The van der Waals surface area contributed by atoms with Crippen molar-refractivity contribution in [3.05, 3.63) is 83.9 Å². The third kappa shape index (κ3) is 3.76. The maximum Gasteiger partial charge on any atom is 0.161 e. The molecule has 1 aliphatic heterocycles. The number of hydrogen-bond acceptors (Lipinski definition) is 5. The minimum absolute atomic E-state index is 0.0642. The van der Waals surface area contributed by atoms with Crippen LogP contribution in [0.15, 0.2) is 77.9 Å². The van der Waals surface area contributed by atoms with E-state index < -0.39 is 0 Å². The minimum atomic E-state index is 0.0642. The van der Waals surface area contributed by atoms with Gasteiger partial charge in [-0.1, -0.05) is 24.3 Å². The molecule has 148 valence electrons. The SMILES string of the molecule is COc1ccc(C2=NN(c3ccccc3)C(c3ccc(OC)c(OC)c3)C2)cc1. The summed E-state index contributed by atoms with van der Waals surface area (Å²) in [6, 6.07) is 24.4. The second-order valence-electron chi connectivity index (χ2n) is 6.79. The summed E-state index contributed by atoms with van der Waals surface area (Å²) < 4.78 is 16.2. The minimum Gasteiger partial charge on any atom is -0.497 e. The molecule has 5 nitrogen and oxygen atoms in total. The standard InChI is InChI=1S/C24H24N2O3/c1-27-20-12-9-17(10-13-20)21-16-22(26(25-21)19-7-5-4-6-8-19)18-11-14-23(28-2)24(15-18)29-3/h4-15,22H,16H2,1-3H3. The summed E-state index contributed by atoms with van der Waals surface area (Å²) in [5, 5.41) is 7.06. The van der Waals surface area contributed by atoms with Crippen molar-refractivity contribution in [1.82, 2.24) is 0 Å². The van der Waals surface area contributed by atoms with Crippen molar-refractivity contribution >= 4 is 11.4 Å². The fourth-order valence-electron chi connectivity index (χ4n) is 3.61. The predicted molar refractivity (Wildman–Crippen MR) is 115 cm³/mol. The molecule has 5 heteroatoms. The molecule has 1 heterocycles. The Balaban J connectivity index is 1.73. The zero-order chi connectivity index (χ0) is 20.2. The van der Waals surface area contributed by atoms with Crippen LogP contribution in [0, 0.1) is 0 Å². The first-order valence-corrected chi connectivity index (χ1v) is 9.51. The van der Waals surface area contributed by atoms with Gasteiger partial charge in [0.1, 0.15) is 5.75 Å². The highest BCUT2D eigenvalue weighted by molar-refractivity contribution is 6.03. The van der Waals surface area contributed by atoms with Crippen molar-refractivity contribution in [1.29, 1.82) is 0 Å². The first kappa shape index (κ1) is 18.9. The Bertz CT molecular complexity index is 1000. The molecule has 29 heavy (non-hydrogen) atoms. The van der Waals surface area contributed by atoms with Crippen LogP contribution in [0.4, 0.5) is 5.69 Å². The fraction of sp³-hybridized carbons (Fsp3) is 0.208. The number of benzene rings is 3. The van der Waals surface area contributed by atoms with Gasteiger partial charge in [-0.05, 0) is 59.7 Å². The number of hydrogen-bond donors (Lipinski definition) is 0. The monoisotopic (exact) mass is 388 g/mol. The van der Waals surface area contributed by atoms with E-state index in [4.69, 9.17) is 19.3 Å². The van der Waals surface area contributed by atoms with E-state index in [9.17, 15) is 0 Å². The lowest BCUT2D eigenvalue weighted by Gasteiger charge is -2.24. The molecule has 0 radical (unpaired) electrons. The predicted octanol–water partition coefficient (Wildman–Crippen LogP) is 5.07. The third-order valence-corrected chi connectivity index (χ3v) is 5.15. The summed E-state index contributed by atoms with van der Waals surface area (Å²) in [4.78, 5) is 0. The van der Waals surface area contributed by atoms with E-state index in [0.717, 1.165) is 46.2 Å². The molecule has 3 aromatic carbocycles. The molecule has 0 saturated heterocycles. The fourth-order valence-corrected chi connectivity index (χ4v) is 3.61. The van der Waals surface area contributed by atoms with Crippen molar-refractivity contribution < 1.29 is 14.2 Å². The largest absolute Gasteiger partial charge is 0.497 e. The molecular formula is C24H24N2O3.